The minimum Gasteiger partial charge on any atom is -0.463 e. The highest BCUT2D eigenvalue weighted by molar-refractivity contribution is 7.48. The number of aliphatic hydroxyl groups excluding tert-OH is 1. The van der Waals surface area contributed by atoms with Gasteiger partial charge in [-0.2, -0.15) is 0 Å². The highest BCUT2D eigenvalue weighted by atomic mass is 31.2. The molecule has 0 radical (unpaired) electrons. The minimum absolute atomic E-state index is 0.193. The van der Waals surface area contributed by atoms with E-state index < -0.39 is 13.9 Å². The summed E-state index contributed by atoms with van der Waals surface area (Å²) in [5.41, 5.74) is 0. The van der Waals surface area contributed by atoms with Crippen LogP contribution in [0.25, 0.3) is 0 Å². The van der Waals surface area contributed by atoms with E-state index in [1.165, 1.54) is 71.3 Å². The van der Waals surface area contributed by atoms with Gasteiger partial charge in [-0.1, -0.05) is 84.0 Å². The van der Waals surface area contributed by atoms with Crippen molar-refractivity contribution in [2.24, 2.45) is 0 Å². The van der Waals surface area contributed by atoms with E-state index in [4.69, 9.17) is 18.3 Å². The zero-order valence-electron chi connectivity index (χ0n) is 22.6. The third kappa shape index (κ3) is 22.0. The molecule has 9 heteroatoms. The van der Waals surface area contributed by atoms with Crippen LogP contribution in [0.5, 0.6) is 0 Å². The van der Waals surface area contributed by atoms with E-state index in [-0.39, 0.29) is 25.8 Å². The first-order valence-electron chi connectivity index (χ1n) is 13.2. The van der Waals surface area contributed by atoms with Crippen molar-refractivity contribution in [1.82, 2.24) is 0 Å². The van der Waals surface area contributed by atoms with Gasteiger partial charge in [0.25, 0.3) is 0 Å². The molecule has 0 rings (SSSR count). The normalized spacial score (nSPS) is 14.6. The van der Waals surface area contributed by atoms with Crippen LogP contribution in [0.1, 0.15) is 96.8 Å². The number of phosphoric acid groups is 1. The van der Waals surface area contributed by atoms with Gasteiger partial charge in [0.1, 0.15) is 25.9 Å². The van der Waals surface area contributed by atoms with Crippen LogP contribution >= 0.6 is 7.82 Å². The molecule has 0 aromatic carbocycles. The van der Waals surface area contributed by atoms with Crippen molar-refractivity contribution in [2.75, 3.05) is 54.6 Å². The van der Waals surface area contributed by atoms with Crippen molar-refractivity contribution in [2.45, 2.75) is 103 Å². The summed E-state index contributed by atoms with van der Waals surface area (Å²) in [4.78, 5) is 11.9. The van der Waals surface area contributed by atoms with Crippen molar-refractivity contribution in [3.05, 3.63) is 0 Å². The molecule has 0 saturated carbocycles. The second-order valence-corrected chi connectivity index (χ2v) is 11.9. The van der Waals surface area contributed by atoms with Gasteiger partial charge >= 0.3 is 13.8 Å². The van der Waals surface area contributed by atoms with Crippen molar-refractivity contribution in [3.8, 4) is 0 Å². The van der Waals surface area contributed by atoms with Crippen LogP contribution in [0.2, 0.25) is 0 Å². The third-order valence-corrected chi connectivity index (χ3v) is 6.99. The van der Waals surface area contributed by atoms with Gasteiger partial charge < -0.3 is 14.3 Å². The molecule has 0 saturated heterocycles. The molecule has 8 nitrogen and oxygen atoms in total. The molecule has 0 aliphatic carbocycles. The summed E-state index contributed by atoms with van der Waals surface area (Å²) in [5, 5.41) is 9.96. The summed E-state index contributed by atoms with van der Waals surface area (Å²) in [5.74, 6) is -0.337. The number of unbranched alkanes of at least 4 members (excludes halogenated alkanes) is 12. The number of likely N-dealkylation sites (N-methyl/N-ethyl adjacent to an activating group) is 1. The lowest BCUT2D eigenvalue weighted by atomic mass is 10.0. The summed E-state index contributed by atoms with van der Waals surface area (Å²) in [6, 6.07) is 0. The predicted octanol–water partition coefficient (Wildman–Crippen LogP) is 5.87. The van der Waals surface area contributed by atoms with Crippen molar-refractivity contribution < 1.29 is 37.3 Å². The average Bonchev–Trinajstić information content (AvgIpc) is 2.78. The number of nitrogens with zero attached hydrogens (tertiary/aromatic N) is 1. The number of hydrogen-bond donors (Lipinski definition) is 1. The number of rotatable bonds is 24. The van der Waals surface area contributed by atoms with Crippen LogP contribution in [0.4, 0.5) is 0 Å². The van der Waals surface area contributed by atoms with Crippen molar-refractivity contribution >= 4 is 13.8 Å². The number of phosphoric ester groups is 1. The van der Waals surface area contributed by atoms with Gasteiger partial charge in [-0.3, -0.25) is 18.4 Å². The molecular formula is C25H53NO7P+. The Morgan fingerprint density at radius 3 is 1.79 bits per heavy atom. The van der Waals surface area contributed by atoms with Gasteiger partial charge in [-0.15, -0.1) is 0 Å². The number of carbonyl (C=O) groups is 1. The molecular weight excluding hydrogens is 457 g/mol. The fourth-order valence-corrected chi connectivity index (χ4v) is 4.29. The number of hydrogen-bond acceptors (Lipinski definition) is 7. The lowest BCUT2D eigenvalue weighted by Gasteiger charge is -2.24. The average molecular weight is 511 g/mol. The molecule has 204 valence electrons. The van der Waals surface area contributed by atoms with Gasteiger partial charge in [-0.05, 0) is 6.42 Å². The Balaban J connectivity index is 3.68. The Morgan fingerprint density at radius 2 is 1.32 bits per heavy atom. The first kappa shape index (κ1) is 33.5. The minimum atomic E-state index is -3.74. The van der Waals surface area contributed by atoms with Crippen LogP contribution in [-0.2, 0) is 27.7 Å². The van der Waals surface area contributed by atoms with Gasteiger partial charge in [0.05, 0.1) is 27.7 Å². The van der Waals surface area contributed by atoms with Crippen LogP contribution in [0.3, 0.4) is 0 Å². The molecule has 1 N–H and O–H groups in total. The molecule has 0 heterocycles. The quantitative estimate of drug-likeness (QED) is 0.0752. The highest BCUT2D eigenvalue weighted by Crippen LogP contribution is 2.48. The maximum atomic E-state index is 12.4. The van der Waals surface area contributed by atoms with Crippen LogP contribution < -0.4 is 0 Å². The molecule has 0 spiro atoms. The fraction of sp³-hybridized carbons (Fsp3) is 0.960. The molecule has 0 aliphatic heterocycles. The molecule has 0 aliphatic rings. The summed E-state index contributed by atoms with van der Waals surface area (Å²) < 4.78 is 33.3. The van der Waals surface area contributed by atoms with Crippen LogP contribution in [-0.4, -0.2) is 76.3 Å². The maximum Gasteiger partial charge on any atom is 0.474 e. The Morgan fingerprint density at radius 1 is 0.824 bits per heavy atom. The van der Waals surface area contributed by atoms with Crippen LogP contribution in [0.15, 0.2) is 0 Å². The van der Waals surface area contributed by atoms with E-state index >= 15 is 0 Å². The fourth-order valence-electron chi connectivity index (χ4n) is 3.34. The zero-order valence-corrected chi connectivity index (χ0v) is 23.5. The zero-order chi connectivity index (χ0) is 25.7. The van der Waals surface area contributed by atoms with Gasteiger partial charge in [0.2, 0.25) is 0 Å². The summed E-state index contributed by atoms with van der Waals surface area (Å²) in [6.07, 6.45) is 15.5. The Labute approximate surface area is 208 Å². The number of aliphatic hydroxyl groups is 1. The van der Waals surface area contributed by atoms with Crippen molar-refractivity contribution in [1.29, 1.82) is 0 Å². The van der Waals surface area contributed by atoms with Gasteiger partial charge in [0.15, 0.2) is 0 Å². The lowest BCUT2D eigenvalue weighted by molar-refractivity contribution is -0.870. The number of ether oxygens (including phenoxy) is 1. The largest absolute Gasteiger partial charge is 0.474 e. The molecule has 34 heavy (non-hydrogen) atoms. The SMILES string of the molecule is CCCCCCCCCCCCCCCC(=O)OCC(O)COP(=O)(OC)OCC[N+](C)(C)C. The van der Waals surface area contributed by atoms with Crippen LogP contribution in [0, 0.1) is 0 Å². The molecule has 0 aromatic heterocycles. The summed E-state index contributed by atoms with van der Waals surface area (Å²) in [7, 11) is 3.44. The number of quaternary nitrogens is 1. The topological polar surface area (TPSA) is 91.3 Å². The highest BCUT2D eigenvalue weighted by Gasteiger charge is 2.27. The van der Waals surface area contributed by atoms with Crippen molar-refractivity contribution in [3.63, 3.8) is 0 Å². The number of carbonyl (C=O) groups excluding carboxylic acids is 1. The standard InChI is InChI=1S/C25H53NO7P/c1-6-7-8-9-10-11-12-13-14-15-16-17-18-19-25(28)31-22-24(27)23-33-34(29,30-5)32-21-20-26(2,3)4/h24,27H,6-23H2,1-5H3/q+1. The number of esters is 1. The Kier molecular flexibility index (Phi) is 20.4. The first-order valence-corrected chi connectivity index (χ1v) is 14.7. The molecule has 2 atom stereocenters. The summed E-state index contributed by atoms with van der Waals surface area (Å²) in [6.45, 7) is 2.55. The predicted molar refractivity (Wildman–Crippen MR) is 137 cm³/mol. The van der Waals surface area contributed by atoms with E-state index in [1.807, 2.05) is 21.1 Å². The molecule has 0 aromatic rings. The van der Waals surface area contributed by atoms with E-state index in [0.717, 1.165) is 19.3 Å². The van der Waals surface area contributed by atoms with E-state index in [2.05, 4.69) is 6.92 Å². The monoisotopic (exact) mass is 510 g/mol. The Hall–Kier alpha value is -0.500. The van der Waals surface area contributed by atoms with E-state index in [9.17, 15) is 14.5 Å². The van der Waals surface area contributed by atoms with E-state index in [1.54, 1.807) is 0 Å². The second kappa shape index (κ2) is 20.7. The molecule has 0 amide bonds. The lowest BCUT2D eigenvalue weighted by Crippen LogP contribution is -2.37. The molecule has 0 fully saturated rings. The van der Waals surface area contributed by atoms with Gasteiger partial charge in [0, 0.05) is 13.5 Å². The Bertz CT molecular complexity index is 540. The maximum absolute atomic E-state index is 12.4. The smallest absolute Gasteiger partial charge is 0.463 e. The first-order chi connectivity index (χ1) is 16.1. The molecule has 2 unspecified atom stereocenters. The summed E-state index contributed by atoms with van der Waals surface area (Å²) >= 11 is 0. The van der Waals surface area contributed by atoms with Gasteiger partial charge in [-0.25, -0.2) is 4.57 Å². The molecule has 0 bridgehead atoms. The van der Waals surface area contributed by atoms with E-state index in [0.29, 0.717) is 17.4 Å². The second-order valence-electron chi connectivity index (χ2n) is 10.1. The third-order valence-electron chi connectivity index (χ3n) is 5.58.